The molecule has 30 heavy (non-hydrogen) atoms. The van der Waals surface area contributed by atoms with Gasteiger partial charge in [-0.15, -0.1) is 0 Å². The molecule has 1 fully saturated rings. The van der Waals surface area contributed by atoms with Crippen molar-refractivity contribution in [2.45, 2.75) is 30.2 Å². The molecule has 0 saturated heterocycles. The van der Waals surface area contributed by atoms with E-state index in [4.69, 9.17) is 0 Å². The molecule has 0 bridgehead atoms. The SMILES string of the molecule is CN(C)CCCNS(=O)(=O)c1ccc(NC(c2ccccc2)C2CC2)c([N+](=O)[O-])c1. The van der Waals surface area contributed by atoms with E-state index < -0.39 is 14.9 Å². The minimum absolute atomic E-state index is 0.0449. The molecule has 2 aromatic carbocycles. The molecular formula is C21H28N4O4S. The second kappa shape index (κ2) is 9.55. The van der Waals surface area contributed by atoms with Crippen LogP contribution in [-0.2, 0) is 10.0 Å². The molecule has 2 N–H and O–H groups in total. The fourth-order valence-corrected chi connectivity index (χ4v) is 4.46. The third kappa shape index (κ3) is 5.78. The van der Waals surface area contributed by atoms with Gasteiger partial charge in [-0.2, -0.15) is 0 Å². The first-order valence-electron chi connectivity index (χ1n) is 10.0. The quantitative estimate of drug-likeness (QED) is 0.320. The van der Waals surface area contributed by atoms with E-state index in [-0.39, 0.29) is 23.2 Å². The number of hydrogen-bond donors (Lipinski definition) is 2. The maximum atomic E-state index is 12.6. The van der Waals surface area contributed by atoms with Crippen LogP contribution in [0.3, 0.4) is 0 Å². The minimum atomic E-state index is -3.82. The average molecular weight is 433 g/mol. The molecule has 8 nitrogen and oxygen atoms in total. The smallest absolute Gasteiger partial charge is 0.293 e. The Hall–Kier alpha value is -2.49. The topological polar surface area (TPSA) is 105 Å². The summed E-state index contributed by atoms with van der Waals surface area (Å²) in [6, 6.07) is 13.8. The van der Waals surface area contributed by atoms with E-state index in [1.54, 1.807) is 0 Å². The Balaban J connectivity index is 1.80. The minimum Gasteiger partial charge on any atom is -0.372 e. The largest absolute Gasteiger partial charge is 0.372 e. The molecule has 1 aliphatic carbocycles. The molecule has 1 saturated carbocycles. The number of nitrogens with one attached hydrogen (secondary N) is 2. The first-order valence-corrected chi connectivity index (χ1v) is 11.5. The highest BCUT2D eigenvalue weighted by Crippen LogP contribution is 2.44. The van der Waals surface area contributed by atoms with Crippen molar-refractivity contribution < 1.29 is 13.3 Å². The lowest BCUT2D eigenvalue weighted by Crippen LogP contribution is -2.27. The predicted molar refractivity (Wildman–Crippen MR) is 117 cm³/mol. The number of sulfonamides is 1. The number of anilines is 1. The first kappa shape index (κ1) is 22.2. The van der Waals surface area contributed by atoms with E-state index in [1.165, 1.54) is 12.1 Å². The van der Waals surface area contributed by atoms with E-state index >= 15 is 0 Å². The van der Waals surface area contributed by atoms with Gasteiger partial charge in [-0.1, -0.05) is 30.3 Å². The van der Waals surface area contributed by atoms with E-state index in [9.17, 15) is 18.5 Å². The zero-order valence-corrected chi connectivity index (χ0v) is 18.1. The molecule has 3 rings (SSSR count). The summed E-state index contributed by atoms with van der Waals surface area (Å²) in [6.45, 7) is 1.01. The molecule has 0 amide bonds. The van der Waals surface area contributed by atoms with Crippen molar-refractivity contribution in [2.24, 2.45) is 5.92 Å². The summed E-state index contributed by atoms with van der Waals surface area (Å²) in [6.07, 6.45) is 2.77. The van der Waals surface area contributed by atoms with Crippen LogP contribution in [0, 0.1) is 16.0 Å². The van der Waals surface area contributed by atoms with Crippen LogP contribution in [0.5, 0.6) is 0 Å². The average Bonchev–Trinajstić information content (AvgIpc) is 3.55. The second-order valence-corrected chi connectivity index (χ2v) is 9.63. The van der Waals surface area contributed by atoms with Crippen LogP contribution >= 0.6 is 0 Å². The van der Waals surface area contributed by atoms with Crippen molar-refractivity contribution in [3.63, 3.8) is 0 Å². The molecule has 162 valence electrons. The Morgan fingerprint density at radius 3 is 2.47 bits per heavy atom. The standard InChI is InChI=1S/C21H28N4O4S/c1-24(2)14-6-13-22-30(28,29)18-11-12-19(20(15-18)25(26)27)23-21(17-9-10-17)16-7-4-3-5-8-16/h3-5,7-8,11-12,15,17,21-23H,6,9-10,13-14H2,1-2H3. The predicted octanol–water partition coefficient (Wildman–Crippen LogP) is 3.39. The fraction of sp³-hybridized carbons (Fsp3) is 0.429. The molecule has 9 heteroatoms. The lowest BCUT2D eigenvalue weighted by atomic mass is 10.0. The van der Waals surface area contributed by atoms with Crippen molar-refractivity contribution in [3.8, 4) is 0 Å². The van der Waals surface area contributed by atoms with Gasteiger partial charge in [0, 0.05) is 12.6 Å². The number of nitrogens with zero attached hydrogens (tertiary/aromatic N) is 2. The van der Waals surface area contributed by atoms with Crippen molar-refractivity contribution in [2.75, 3.05) is 32.5 Å². The molecular weight excluding hydrogens is 404 g/mol. The van der Waals surface area contributed by atoms with E-state index in [2.05, 4.69) is 10.0 Å². The van der Waals surface area contributed by atoms with Crippen LogP contribution in [0.15, 0.2) is 53.4 Å². The Morgan fingerprint density at radius 1 is 1.17 bits per heavy atom. The molecule has 1 aliphatic rings. The monoisotopic (exact) mass is 432 g/mol. The first-order chi connectivity index (χ1) is 14.3. The summed E-state index contributed by atoms with van der Waals surface area (Å²) in [4.78, 5) is 13.0. The molecule has 0 heterocycles. The lowest BCUT2D eigenvalue weighted by Gasteiger charge is -2.20. The molecule has 0 radical (unpaired) electrons. The number of rotatable bonds is 11. The highest BCUT2D eigenvalue weighted by molar-refractivity contribution is 7.89. The van der Waals surface area contributed by atoms with Crippen LogP contribution in [0.2, 0.25) is 0 Å². The van der Waals surface area contributed by atoms with Crippen LogP contribution in [0.1, 0.15) is 30.9 Å². The van der Waals surface area contributed by atoms with Crippen LogP contribution in [0.4, 0.5) is 11.4 Å². The Morgan fingerprint density at radius 2 is 1.87 bits per heavy atom. The summed E-state index contributed by atoms with van der Waals surface area (Å²) in [5.74, 6) is 0.411. The summed E-state index contributed by atoms with van der Waals surface area (Å²) < 4.78 is 27.6. The van der Waals surface area contributed by atoms with Gasteiger partial charge in [-0.05, 0) is 63.5 Å². The van der Waals surface area contributed by atoms with Gasteiger partial charge in [0.15, 0.2) is 0 Å². The molecule has 1 unspecified atom stereocenters. The summed E-state index contributed by atoms with van der Waals surface area (Å²) in [5.41, 5.74) is 1.15. The Kier molecular flexibility index (Phi) is 7.06. The number of nitro groups is 1. The lowest BCUT2D eigenvalue weighted by molar-refractivity contribution is -0.384. The zero-order chi connectivity index (χ0) is 21.7. The van der Waals surface area contributed by atoms with Gasteiger partial charge in [0.2, 0.25) is 10.0 Å². The van der Waals surface area contributed by atoms with Crippen molar-refractivity contribution in [3.05, 3.63) is 64.2 Å². The zero-order valence-electron chi connectivity index (χ0n) is 17.2. The third-order valence-electron chi connectivity index (χ3n) is 5.11. The summed E-state index contributed by atoms with van der Waals surface area (Å²) >= 11 is 0. The molecule has 2 aromatic rings. The molecule has 0 aromatic heterocycles. The molecule has 1 atom stereocenters. The number of nitro benzene ring substituents is 1. The van der Waals surface area contributed by atoms with Crippen molar-refractivity contribution >= 4 is 21.4 Å². The molecule has 0 aliphatic heterocycles. The van der Waals surface area contributed by atoms with Gasteiger partial charge in [0.25, 0.3) is 5.69 Å². The van der Waals surface area contributed by atoms with Crippen molar-refractivity contribution in [1.29, 1.82) is 0 Å². The Bertz CT molecular complexity index is 976. The summed E-state index contributed by atoms with van der Waals surface area (Å²) in [7, 11) is 0.00494. The molecule has 0 spiro atoms. The maximum Gasteiger partial charge on any atom is 0.293 e. The van der Waals surface area contributed by atoms with Gasteiger partial charge in [-0.3, -0.25) is 10.1 Å². The van der Waals surface area contributed by atoms with E-state index in [1.807, 2.05) is 49.3 Å². The maximum absolute atomic E-state index is 12.6. The van der Waals surface area contributed by atoms with E-state index in [0.29, 0.717) is 18.0 Å². The van der Waals surface area contributed by atoms with Gasteiger partial charge >= 0.3 is 0 Å². The van der Waals surface area contributed by atoms with Crippen LogP contribution in [0.25, 0.3) is 0 Å². The van der Waals surface area contributed by atoms with Gasteiger partial charge in [0.1, 0.15) is 5.69 Å². The van der Waals surface area contributed by atoms with Gasteiger partial charge < -0.3 is 10.2 Å². The fourth-order valence-electron chi connectivity index (χ4n) is 3.37. The highest BCUT2D eigenvalue weighted by atomic mass is 32.2. The third-order valence-corrected chi connectivity index (χ3v) is 6.57. The van der Waals surface area contributed by atoms with E-state index in [0.717, 1.165) is 31.0 Å². The van der Waals surface area contributed by atoms with Crippen molar-refractivity contribution in [1.82, 2.24) is 9.62 Å². The number of hydrogen-bond acceptors (Lipinski definition) is 6. The van der Waals surface area contributed by atoms with Gasteiger partial charge in [0.05, 0.1) is 15.9 Å². The van der Waals surface area contributed by atoms with Crippen LogP contribution in [-0.4, -0.2) is 45.4 Å². The second-order valence-electron chi connectivity index (χ2n) is 7.86. The summed E-state index contributed by atoms with van der Waals surface area (Å²) in [5, 5.41) is 15.0. The highest BCUT2D eigenvalue weighted by Gasteiger charge is 2.33. The number of benzene rings is 2. The van der Waals surface area contributed by atoms with Crippen LogP contribution < -0.4 is 10.0 Å². The van der Waals surface area contributed by atoms with Gasteiger partial charge in [-0.25, -0.2) is 13.1 Å². The normalized spacial score (nSPS) is 15.2. The Labute approximate surface area is 177 Å².